The Labute approximate surface area is 180 Å². The Balaban J connectivity index is 1.28. The van der Waals surface area contributed by atoms with E-state index in [-0.39, 0.29) is 5.91 Å². The predicted molar refractivity (Wildman–Crippen MR) is 122 cm³/mol. The Hall–Kier alpha value is -3.23. The molecule has 0 saturated carbocycles. The number of hydrogen-bond acceptors (Lipinski definition) is 5. The highest BCUT2D eigenvalue weighted by atomic mass is 16.1. The zero-order valence-electron chi connectivity index (χ0n) is 17.6. The molecule has 1 fully saturated rings. The zero-order valence-corrected chi connectivity index (χ0v) is 17.6. The highest BCUT2D eigenvalue weighted by Crippen LogP contribution is 2.23. The van der Waals surface area contributed by atoms with Gasteiger partial charge < -0.3 is 16.0 Å². The molecule has 4 N–H and O–H groups in total. The van der Waals surface area contributed by atoms with Gasteiger partial charge in [0.2, 0.25) is 0 Å². The number of nitrogens with zero attached hydrogens (tertiary/aromatic N) is 4. The fourth-order valence-electron chi connectivity index (χ4n) is 4.46. The van der Waals surface area contributed by atoms with Gasteiger partial charge in [0.1, 0.15) is 5.82 Å². The summed E-state index contributed by atoms with van der Waals surface area (Å²) in [6.07, 6.45) is 4.06. The molecule has 0 spiro atoms. The lowest BCUT2D eigenvalue weighted by atomic mass is 10.1. The first-order valence-electron chi connectivity index (χ1n) is 10.7. The number of carbonyl (C=O) groups excluding carboxylic acids is 1. The van der Waals surface area contributed by atoms with E-state index < -0.39 is 0 Å². The van der Waals surface area contributed by atoms with Crippen molar-refractivity contribution in [1.29, 1.82) is 0 Å². The molecular weight excluding hydrogens is 390 g/mol. The van der Waals surface area contributed by atoms with Gasteiger partial charge in [-0.1, -0.05) is 0 Å². The van der Waals surface area contributed by atoms with Crippen LogP contribution in [-0.2, 0) is 13.6 Å². The molecule has 5 rings (SSSR count). The second kappa shape index (κ2) is 8.13. The first-order valence-corrected chi connectivity index (χ1v) is 10.7. The topological polar surface area (TPSA) is 105 Å². The first-order chi connectivity index (χ1) is 15.1. The number of amides is 1. The van der Waals surface area contributed by atoms with E-state index in [1.165, 1.54) is 6.42 Å². The fraction of sp³-hybridized carbons (Fsp3) is 0.348. The van der Waals surface area contributed by atoms with E-state index >= 15 is 0 Å². The van der Waals surface area contributed by atoms with Crippen LogP contribution in [0.3, 0.4) is 0 Å². The van der Waals surface area contributed by atoms with Gasteiger partial charge in [-0.05, 0) is 68.2 Å². The SMILES string of the molecule is Cn1ncc2cc(C(=O)Nc3ccc4nc(CN5CCC(CCN)C5)[nH]c4c3)ccc21. The minimum absolute atomic E-state index is 0.146. The monoisotopic (exact) mass is 417 g/mol. The molecule has 3 heterocycles. The van der Waals surface area contributed by atoms with E-state index in [0.717, 1.165) is 66.0 Å². The maximum Gasteiger partial charge on any atom is 0.255 e. The standard InChI is InChI=1S/C23H27N7O/c1-29-21-5-2-16(10-17(21)12-25-29)23(31)26-18-3-4-19-20(11-18)28-22(27-19)14-30-9-7-15(13-30)6-8-24/h2-5,10-12,15H,6-9,13-14,24H2,1H3,(H,26,31)(H,27,28). The molecular formula is C23H27N7O. The fourth-order valence-corrected chi connectivity index (χ4v) is 4.46. The van der Waals surface area contributed by atoms with Crippen LogP contribution in [0.25, 0.3) is 21.9 Å². The maximum absolute atomic E-state index is 12.7. The Morgan fingerprint density at radius 2 is 2.19 bits per heavy atom. The molecule has 0 aliphatic carbocycles. The van der Waals surface area contributed by atoms with Crippen molar-refractivity contribution in [2.45, 2.75) is 19.4 Å². The van der Waals surface area contributed by atoms with Crippen molar-refractivity contribution in [3.05, 3.63) is 54.0 Å². The maximum atomic E-state index is 12.7. The van der Waals surface area contributed by atoms with Crippen molar-refractivity contribution in [3.63, 3.8) is 0 Å². The summed E-state index contributed by atoms with van der Waals surface area (Å²) in [7, 11) is 1.89. The van der Waals surface area contributed by atoms with Crippen LogP contribution < -0.4 is 11.1 Å². The van der Waals surface area contributed by atoms with Crippen LogP contribution in [-0.4, -0.2) is 50.2 Å². The highest BCUT2D eigenvalue weighted by Gasteiger charge is 2.22. The Kier molecular flexibility index (Phi) is 5.17. The summed E-state index contributed by atoms with van der Waals surface area (Å²) < 4.78 is 1.79. The number of imidazole rings is 1. The zero-order chi connectivity index (χ0) is 21.4. The molecule has 4 aromatic rings. The van der Waals surface area contributed by atoms with Crippen LogP contribution in [0.4, 0.5) is 5.69 Å². The Morgan fingerprint density at radius 3 is 3.06 bits per heavy atom. The quantitative estimate of drug-likeness (QED) is 0.447. The van der Waals surface area contributed by atoms with E-state index in [0.29, 0.717) is 11.5 Å². The lowest BCUT2D eigenvalue weighted by Crippen LogP contribution is -2.21. The molecule has 1 aliphatic rings. The smallest absolute Gasteiger partial charge is 0.255 e. The van der Waals surface area contributed by atoms with Gasteiger partial charge in [0.25, 0.3) is 5.91 Å². The lowest BCUT2D eigenvalue weighted by molar-refractivity contribution is 0.102. The van der Waals surface area contributed by atoms with Crippen molar-refractivity contribution in [2.75, 3.05) is 25.0 Å². The van der Waals surface area contributed by atoms with Gasteiger partial charge in [-0.2, -0.15) is 5.10 Å². The molecule has 0 bridgehead atoms. The summed E-state index contributed by atoms with van der Waals surface area (Å²) in [4.78, 5) is 23.3. The van der Waals surface area contributed by atoms with E-state index in [1.807, 2.05) is 43.4 Å². The molecule has 1 saturated heterocycles. The van der Waals surface area contributed by atoms with Crippen LogP contribution in [0.15, 0.2) is 42.6 Å². The molecule has 2 aromatic heterocycles. The normalized spacial score (nSPS) is 17.0. The number of nitrogens with two attached hydrogens (primary N) is 1. The average molecular weight is 418 g/mol. The second-order valence-corrected chi connectivity index (χ2v) is 8.38. The molecule has 8 nitrogen and oxygen atoms in total. The first kappa shape index (κ1) is 19.7. The summed E-state index contributed by atoms with van der Waals surface area (Å²) in [5.74, 6) is 1.50. The number of aromatic amines is 1. The Bertz CT molecular complexity index is 1240. The summed E-state index contributed by atoms with van der Waals surface area (Å²) in [6.45, 7) is 3.73. The van der Waals surface area contributed by atoms with Gasteiger partial charge in [-0.25, -0.2) is 4.98 Å². The molecule has 2 aromatic carbocycles. The number of anilines is 1. The summed E-state index contributed by atoms with van der Waals surface area (Å²) in [5, 5.41) is 8.16. The molecule has 0 radical (unpaired) electrons. The van der Waals surface area contributed by atoms with Crippen LogP contribution >= 0.6 is 0 Å². The molecule has 1 aliphatic heterocycles. The van der Waals surface area contributed by atoms with Gasteiger partial charge in [0.15, 0.2) is 0 Å². The number of aryl methyl sites for hydroxylation is 1. The van der Waals surface area contributed by atoms with E-state index in [4.69, 9.17) is 10.7 Å². The van der Waals surface area contributed by atoms with Gasteiger partial charge >= 0.3 is 0 Å². The number of hydrogen-bond donors (Lipinski definition) is 3. The third-order valence-corrected chi connectivity index (χ3v) is 6.12. The van der Waals surface area contributed by atoms with Crippen molar-refractivity contribution >= 4 is 33.5 Å². The third kappa shape index (κ3) is 4.04. The molecule has 1 atom stereocenters. The van der Waals surface area contributed by atoms with Gasteiger partial charge in [0.05, 0.1) is 29.3 Å². The Morgan fingerprint density at radius 1 is 1.29 bits per heavy atom. The van der Waals surface area contributed by atoms with E-state index in [9.17, 15) is 4.79 Å². The summed E-state index contributed by atoms with van der Waals surface area (Å²) >= 11 is 0. The van der Waals surface area contributed by atoms with E-state index in [1.54, 1.807) is 10.9 Å². The number of fused-ring (bicyclic) bond motifs is 2. The van der Waals surface area contributed by atoms with Crippen LogP contribution in [0.5, 0.6) is 0 Å². The number of rotatable bonds is 6. The van der Waals surface area contributed by atoms with Gasteiger partial charge in [-0.3, -0.25) is 14.4 Å². The van der Waals surface area contributed by atoms with Gasteiger partial charge in [-0.15, -0.1) is 0 Å². The minimum Gasteiger partial charge on any atom is -0.341 e. The largest absolute Gasteiger partial charge is 0.341 e. The van der Waals surface area contributed by atoms with Crippen molar-refractivity contribution in [3.8, 4) is 0 Å². The predicted octanol–water partition coefficient (Wildman–Crippen LogP) is 2.87. The van der Waals surface area contributed by atoms with Crippen molar-refractivity contribution < 1.29 is 4.79 Å². The molecule has 1 unspecified atom stereocenters. The number of H-pyrrole nitrogens is 1. The minimum atomic E-state index is -0.146. The highest BCUT2D eigenvalue weighted by molar-refractivity contribution is 6.06. The number of aromatic nitrogens is 4. The van der Waals surface area contributed by atoms with Gasteiger partial charge in [0, 0.05) is 30.2 Å². The van der Waals surface area contributed by atoms with Crippen molar-refractivity contribution in [1.82, 2.24) is 24.6 Å². The number of nitrogens with one attached hydrogen (secondary N) is 2. The van der Waals surface area contributed by atoms with E-state index in [2.05, 4.69) is 20.3 Å². The molecule has 1 amide bonds. The second-order valence-electron chi connectivity index (χ2n) is 8.38. The van der Waals surface area contributed by atoms with Crippen molar-refractivity contribution in [2.24, 2.45) is 18.7 Å². The number of likely N-dealkylation sites (tertiary alicyclic amines) is 1. The average Bonchev–Trinajstić information content (AvgIpc) is 3.47. The molecule has 8 heteroatoms. The summed E-state index contributed by atoms with van der Waals surface area (Å²) in [5.41, 5.74) is 9.87. The number of carbonyl (C=O) groups is 1. The summed E-state index contributed by atoms with van der Waals surface area (Å²) in [6, 6.07) is 11.4. The van der Waals surface area contributed by atoms with Crippen LogP contribution in [0, 0.1) is 5.92 Å². The third-order valence-electron chi connectivity index (χ3n) is 6.12. The molecule has 31 heavy (non-hydrogen) atoms. The lowest BCUT2D eigenvalue weighted by Gasteiger charge is -2.13. The van der Waals surface area contributed by atoms with Crippen LogP contribution in [0.2, 0.25) is 0 Å². The number of benzene rings is 2. The van der Waals surface area contributed by atoms with Crippen LogP contribution in [0.1, 0.15) is 29.0 Å². The molecule has 160 valence electrons.